The number of benzene rings is 2. The Balaban J connectivity index is 1.67. The fourth-order valence-electron chi connectivity index (χ4n) is 5.09. The van der Waals surface area contributed by atoms with Crippen molar-refractivity contribution < 1.29 is 18.9 Å². The highest BCUT2D eigenvalue weighted by Crippen LogP contribution is 2.49. The molecule has 0 spiro atoms. The number of carbonyl (C=O) groups excluding carboxylic acids is 3. The number of nitrogens with zero attached hydrogens (tertiary/aromatic N) is 2. The maximum Gasteiger partial charge on any atom is 0.272 e. The largest absolute Gasteiger partial charge is 0.365 e. The quantitative estimate of drug-likeness (QED) is 0.414. The van der Waals surface area contributed by atoms with E-state index in [4.69, 9.17) is 5.73 Å². The number of allylic oxidation sites excluding steroid dienone is 2. The highest BCUT2D eigenvalue weighted by atomic mass is 16.2. The van der Waals surface area contributed by atoms with Crippen molar-refractivity contribution in [1.29, 1.82) is 0 Å². The van der Waals surface area contributed by atoms with Gasteiger partial charge in [0, 0.05) is 11.8 Å². The predicted octanol–water partition coefficient (Wildman–Crippen LogP) is 2.29. The van der Waals surface area contributed by atoms with Gasteiger partial charge in [0.05, 0.1) is 39.0 Å². The average Bonchev–Trinajstić information content (AvgIpc) is 3.02. The molecule has 1 fully saturated rings. The molecule has 4 rings (SSSR count). The van der Waals surface area contributed by atoms with E-state index in [0.717, 1.165) is 11.1 Å². The van der Waals surface area contributed by atoms with Gasteiger partial charge in [0.2, 0.25) is 11.8 Å². The second-order valence-electron chi connectivity index (χ2n) is 9.42. The molecule has 32 heavy (non-hydrogen) atoms. The van der Waals surface area contributed by atoms with Crippen LogP contribution in [0.3, 0.4) is 0 Å². The second kappa shape index (κ2) is 8.71. The molecule has 4 atom stereocenters. The van der Waals surface area contributed by atoms with Crippen molar-refractivity contribution in [2.75, 3.05) is 33.7 Å². The fraction of sp³-hybridized carbons (Fsp3) is 0.346. The summed E-state index contributed by atoms with van der Waals surface area (Å²) in [6.45, 7) is 0.900. The van der Waals surface area contributed by atoms with Gasteiger partial charge in [0.25, 0.3) is 5.91 Å². The minimum absolute atomic E-state index is 0.127. The van der Waals surface area contributed by atoms with Gasteiger partial charge in [-0.25, -0.2) is 0 Å². The number of likely N-dealkylation sites (tertiary alicyclic amines) is 1. The molecule has 2 aromatic rings. The van der Waals surface area contributed by atoms with E-state index in [2.05, 4.69) is 12.2 Å². The Morgan fingerprint density at radius 2 is 1.28 bits per heavy atom. The first-order valence-electron chi connectivity index (χ1n) is 11.0. The standard InChI is InChI=1S/C26H29N3O3/c1-29(2,17-22(27)30)16-15-28-25(31)23-20(18-9-5-3-6-10-18)13-14-21(24(23)26(28)32)19-11-7-4-8-12-19/h3-14,20-21,23-24H,15-17H2,1-2H3,(H-,27,30)/p+1/t20-,21+,23+,24-. The molecule has 1 saturated heterocycles. The lowest BCUT2D eigenvalue weighted by Gasteiger charge is -2.32. The van der Waals surface area contributed by atoms with E-state index in [-0.39, 0.29) is 36.7 Å². The Hall–Kier alpha value is -3.25. The summed E-state index contributed by atoms with van der Waals surface area (Å²) < 4.78 is 0.324. The van der Waals surface area contributed by atoms with Crippen LogP contribution in [0.1, 0.15) is 23.0 Å². The number of rotatable bonds is 7. The lowest BCUT2D eigenvalue weighted by molar-refractivity contribution is -0.881. The number of fused-ring (bicyclic) bond motifs is 1. The van der Waals surface area contributed by atoms with Gasteiger partial charge in [-0.05, 0) is 11.1 Å². The highest BCUT2D eigenvalue weighted by molar-refractivity contribution is 6.06. The lowest BCUT2D eigenvalue weighted by atomic mass is 9.68. The lowest BCUT2D eigenvalue weighted by Crippen LogP contribution is -2.50. The van der Waals surface area contributed by atoms with Gasteiger partial charge in [-0.1, -0.05) is 72.8 Å². The first kappa shape index (κ1) is 22.0. The smallest absolute Gasteiger partial charge is 0.272 e. The van der Waals surface area contributed by atoms with Crippen molar-refractivity contribution in [2.24, 2.45) is 17.6 Å². The number of hydrogen-bond acceptors (Lipinski definition) is 3. The Bertz CT molecular complexity index is 965. The summed E-state index contributed by atoms with van der Waals surface area (Å²) in [4.78, 5) is 40.1. The van der Waals surface area contributed by atoms with Gasteiger partial charge < -0.3 is 10.2 Å². The molecular formula is C26H30N3O3+. The van der Waals surface area contributed by atoms with Crippen molar-refractivity contribution in [3.8, 4) is 0 Å². The van der Waals surface area contributed by atoms with Crippen LogP contribution in [0.4, 0.5) is 0 Å². The molecule has 6 heteroatoms. The summed E-state index contributed by atoms with van der Waals surface area (Å²) in [5.74, 6) is -1.82. The summed E-state index contributed by atoms with van der Waals surface area (Å²) in [5.41, 5.74) is 7.45. The van der Waals surface area contributed by atoms with Crippen LogP contribution in [-0.2, 0) is 14.4 Å². The minimum Gasteiger partial charge on any atom is -0.365 e. The Morgan fingerprint density at radius 1 is 0.844 bits per heavy atom. The van der Waals surface area contributed by atoms with Crippen molar-refractivity contribution >= 4 is 17.7 Å². The Labute approximate surface area is 188 Å². The number of likely N-dealkylation sites (N-methyl/N-ethyl adjacent to an activating group) is 1. The normalized spacial score (nSPS) is 25.1. The van der Waals surface area contributed by atoms with E-state index in [1.807, 2.05) is 74.8 Å². The third-order valence-corrected chi connectivity index (χ3v) is 6.67. The van der Waals surface area contributed by atoms with E-state index >= 15 is 0 Å². The second-order valence-corrected chi connectivity index (χ2v) is 9.42. The van der Waals surface area contributed by atoms with Crippen LogP contribution in [0.5, 0.6) is 0 Å². The average molecular weight is 433 g/mol. The zero-order chi connectivity index (χ0) is 22.9. The molecule has 1 aliphatic carbocycles. The molecule has 2 aromatic carbocycles. The predicted molar refractivity (Wildman–Crippen MR) is 122 cm³/mol. The molecule has 0 aromatic heterocycles. The number of primary amides is 1. The van der Waals surface area contributed by atoms with E-state index < -0.39 is 17.7 Å². The fourth-order valence-corrected chi connectivity index (χ4v) is 5.09. The third kappa shape index (κ3) is 4.23. The summed E-state index contributed by atoms with van der Waals surface area (Å²) >= 11 is 0. The summed E-state index contributed by atoms with van der Waals surface area (Å²) in [5, 5.41) is 0. The molecule has 3 amide bonds. The van der Waals surface area contributed by atoms with Crippen LogP contribution in [-0.4, -0.2) is 60.8 Å². The van der Waals surface area contributed by atoms with Gasteiger partial charge in [0.15, 0.2) is 6.54 Å². The number of nitrogens with two attached hydrogens (primary N) is 1. The van der Waals surface area contributed by atoms with Crippen molar-refractivity contribution in [1.82, 2.24) is 4.90 Å². The first-order chi connectivity index (χ1) is 15.3. The van der Waals surface area contributed by atoms with Crippen LogP contribution in [0, 0.1) is 11.8 Å². The van der Waals surface area contributed by atoms with E-state index in [0.29, 0.717) is 11.0 Å². The molecule has 1 aliphatic heterocycles. The maximum absolute atomic E-state index is 13.6. The maximum atomic E-state index is 13.6. The van der Waals surface area contributed by atoms with Crippen molar-refractivity contribution in [3.05, 3.63) is 83.9 Å². The van der Waals surface area contributed by atoms with Crippen LogP contribution in [0.2, 0.25) is 0 Å². The number of carbonyl (C=O) groups is 3. The number of quaternary nitrogens is 1. The van der Waals surface area contributed by atoms with Crippen LogP contribution >= 0.6 is 0 Å². The molecule has 0 bridgehead atoms. The van der Waals surface area contributed by atoms with Crippen LogP contribution in [0.15, 0.2) is 72.8 Å². The summed E-state index contributed by atoms with van der Waals surface area (Å²) in [6, 6.07) is 19.8. The number of imide groups is 1. The molecule has 0 radical (unpaired) electrons. The van der Waals surface area contributed by atoms with Crippen molar-refractivity contribution in [2.45, 2.75) is 11.8 Å². The summed E-state index contributed by atoms with van der Waals surface area (Å²) in [7, 11) is 3.76. The molecule has 2 aliphatic rings. The Kier molecular flexibility index (Phi) is 5.98. The summed E-state index contributed by atoms with van der Waals surface area (Å²) in [6.07, 6.45) is 4.19. The monoisotopic (exact) mass is 432 g/mol. The van der Waals surface area contributed by atoms with E-state index in [1.54, 1.807) is 0 Å². The van der Waals surface area contributed by atoms with Gasteiger partial charge in [-0.2, -0.15) is 0 Å². The molecule has 166 valence electrons. The van der Waals surface area contributed by atoms with Crippen LogP contribution in [0.25, 0.3) is 0 Å². The topological polar surface area (TPSA) is 80.5 Å². The zero-order valence-corrected chi connectivity index (χ0v) is 18.6. The van der Waals surface area contributed by atoms with Gasteiger partial charge >= 0.3 is 0 Å². The Morgan fingerprint density at radius 3 is 1.69 bits per heavy atom. The molecule has 6 nitrogen and oxygen atoms in total. The zero-order valence-electron chi connectivity index (χ0n) is 18.6. The highest BCUT2D eigenvalue weighted by Gasteiger charge is 2.55. The molecule has 0 unspecified atom stereocenters. The van der Waals surface area contributed by atoms with E-state index in [9.17, 15) is 14.4 Å². The third-order valence-electron chi connectivity index (χ3n) is 6.67. The van der Waals surface area contributed by atoms with Crippen molar-refractivity contribution in [3.63, 3.8) is 0 Å². The molecular weight excluding hydrogens is 402 g/mol. The SMILES string of the molecule is C[N+](C)(CCN1C(=O)[C@@H]2[C@H](C1=O)[C@H](c1ccccc1)C=C[C@@H]2c1ccccc1)CC(N)=O. The van der Waals surface area contributed by atoms with E-state index in [1.165, 1.54) is 4.90 Å². The number of hydrogen-bond donors (Lipinski definition) is 1. The number of amides is 3. The molecule has 0 saturated carbocycles. The molecule has 1 heterocycles. The van der Waals surface area contributed by atoms with Gasteiger partial charge in [0.1, 0.15) is 0 Å². The minimum atomic E-state index is -0.438. The first-order valence-corrected chi connectivity index (χ1v) is 11.0. The van der Waals surface area contributed by atoms with Gasteiger partial charge in [-0.15, -0.1) is 0 Å². The van der Waals surface area contributed by atoms with Crippen LogP contribution < -0.4 is 5.73 Å². The van der Waals surface area contributed by atoms with Gasteiger partial charge in [-0.3, -0.25) is 19.3 Å². The molecule has 2 N–H and O–H groups in total.